The monoisotopic (exact) mass is 458 g/mol. The first-order valence-corrected chi connectivity index (χ1v) is 10.4. The zero-order valence-electron chi connectivity index (χ0n) is 18.6. The summed E-state index contributed by atoms with van der Waals surface area (Å²) < 4.78 is 16.1. The van der Waals surface area contributed by atoms with Gasteiger partial charge in [0.2, 0.25) is 0 Å². The van der Waals surface area contributed by atoms with E-state index < -0.39 is 0 Å². The van der Waals surface area contributed by atoms with Gasteiger partial charge in [-0.15, -0.1) is 0 Å². The highest BCUT2D eigenvalue weighted by molar-refractivity contribution is 6.06. The molecule has 0 aliphatic rings. The average Bonchev–Trinajstić information content (AvgIpc) is 3.30. The van der Waals surface area contributed by atoms with Crippen LogP contribution in [0.15, 0.2) is 77.7 Å². The summed E-state index contributed by atoms with van der Waals surface area (Å²) in [6.07, 6.45) is 4.77. The van der Waals surface area contributed by atoms with Gasteiger partial charge >= 0.3 is 0 Å². The van der Waals surface area contributed by atoms with E-state index in [0.717, 1.165) is 5.56 Å². The van der Waals surface area contributed by atoms with E-state index >= 15 is 0 Å². The van der Waals surface area contributed by atoms with Gasteiger partial charge in [-0.1, -0.05) is 11.2 Å². The first-order valence-electron chi connectivity index (χ1n) is 10.4. The molecule has 34 heavy (non-hydrogen) atoms. The second-order valence-electron chi connectivity index (χ2n) is 7.30. The Morgan fingerprint density at radius 2 is 1.71 bits per heavy atom. The molecule has 0 spiro atoms. The van der Waals surface area contributed by atoms with Crippen LogP contribution < -0.4 is 20.1 Å². The number of carbonyl (C=O) groups excluding carboxylic acids is 2. The third-order valence-corrected chi connectivity index (χ3v) is 4.94. The number of methoxy groups -OCH3 is 1. The number of benzene rings is 2. The Morgan fingerprint density at radius 1 is 0.941 bits per heavy atom. The Hall–Kier alpha value is -4.66. The molecule has 0 radical (unpaired) electrons. The van der Waals surface area contributed by atoms with Crippen molar-refractivity contribution in [2.45, 2.75) is 13.5 Å². The molecular formula is C25H22N4O5. The molecule has 0 bridgehead atoms. The van der Waals surface area contributed by atoms with Crippen LogP contribution in [0.1, 0.15) is 32.0 Å². The number of carbonyl (C=O) groups is 2. The zero-order chi connectivity index (χ0) is 23.9. The van der Waals surface area contributed by atoms with Gasteiger partial charge in [0.25, 0.3) is 11.8 Å². The molecule has 9 nitrogen and oxygen atoms in total. The maximum absolute atomic E-state index is 12.7. The van der Waals surface area contributed by atoms with Gasteiger partial charge in [-0.25, -0.2) is 0 Å². The third-order valence-electron chi connectivity index (χ3n) is 4.94. The maximum Gasteiger partial charge on any atom is 0.260 e. The Morgan fingerprint density at radius 3 is 2.38 bits per heavy atom. The molecule has 9 heteroatoms. The number of aryl methyl sites for hydroxylation is 1. The summed E-state index contributed by atoms with van der Waals surface area (Å²) in [7, 11) is 1.55. The van der Waals surface area contributed by atoms with Crippen molar-refractivity contribution in [2.75, 3.05) is 17.7 Å². The highest BCUT2D eigenvalue weighted by atomic mass is 16.5. The molecule has 0 aliphatic carbocycles. The molecule has 2 aromatic carbocycles. The van der Waals surface area contributed by atoms with E-state index in [1.54, 1.807) is 68.9 Å². The lowest BCUT2D eigenvalue weighted by Gasteiger charge is -2.13. The normalized spacial score (nSPS) is 10.4. The molecule has 0 aliphatic heterocycles. The van der Waals surface area contributed by atoms with E-state index in [2.05, 4.69) is 20.8 Å². The van der Waals surface area contributed by atoms with Crippen LogP contribution in [-0.2, 0) is 6.61 Å². The van der Waals surface area contributed by atoms with Gasteiger partial charge in [-0.3, -0.25) is 14.6 Å². The number of hydrogen-bond acceptors (Lipinski definition) is 7. The molecule has 0 unspecified atom stereocenters. The van der Waals surface area contributed by atoms with Crippen molar-refractivity contribution in [3.8, 4) is 11.5 Å². The number of nitrogens with one attached hydrogen (secondary N) is 2. The molecule has 2 amide bonds. The van der Waals surface area contributed by atoms with Crippen molar-refractivity contribution in [1.29, 1.82) is 0 Å². The molecule has 0 fully saturated rings. The van der Waals surface area contributed by atoms with Crippen LogP contribution in [0, 0.1) is 6.92 Å². The van der Waals surface area contributed by atoms with Gasteiger partial charge in [-0.2, -0.15) is 0 Å². The number of rotatable bonds is 8. The summed E-state index contributed by atoms with van der Waals surface area (Å²) in [5.41, 5.74) is 2.77. The quantitative estimate of drug-likeness (QED) is 0.400. The van der Waals surface area contributed by atoms with E-state index in [4.69, 9.17) is 14.0 Å². The average molecular weight is 458 g/mol. The van der Waals surface area contributed by atoms with Crippen molar-refractivity contribution < 1.29 is 23.6 Å². The number of pyridine rings is 1. The summed E-state index contributed by atoms with van der Waals surface area (Å²) in [6.45, 7) is 1.97. The van der Waals surface area contributed by atoms with Crippen LogP contribution in [0.4, 0.5) is 11.4 Å². The van der Waals surface area contributed by atoms with E-state index in [-0.39, 0.29) is 11.8 Å². The lowest BCUT2D eigenvalue weighted by molar-refractivity contribution is 0.101. The summed E-state index contributed by atoms with van der Waals surface area (Å²) in [6, 6.07) is 15.4. The smallest absolute Gasteiger partial charge is 0.260 e. The van der Waals surface area contributed by atoms with Crippen molar-refractivity contribution in [3.05, 3.63) is 95.6 Å². The fourth-order valence-electron chi connectivity index (χ4n) is 3.14. The summed E-state index contributed by atoms with van der Waals surface area (Å²) in [5, 5.41) is 9.18. The minimum absolute atomic E-state index is 0.309. The number of hydrogen-bond donors (Lipinski definition) is 2. The van der Waals surface area contributed by atoms with Gasteiger partial charge in [0.1, 0.15) is 17.9 Å². The van der Waals surface area contributed by atoms with E-state index in [9.17, 15) is 9.59 Å². The molecule has 0 saturated carbocycles. The van der Waals surface area contributed by atoms with Gasteiger partial charge in [0.15, 0.2) is 11.5 Å². The molecule has 4 aromatic rings. The Labute approximate surface area is 195 Å². The van der Waals surface area contributed by atoms with Gasteiger partial charge in [0.05, 0.1) is 13.3 Å². The van der Waals surface area contributed by atoms with Crippen molar-refractivity contribution in [1.82, 2.24) is 10.1 Å². The summed E-state index contributed by atoms with van der Waals surface area (Å²) in [4.78, 5) is 29.1. The zero-order valence-corrected chi connectivity index (χ0v) is 18.6. The lowest BCUT2D eigenvalue weighted by atomic mass is 10.1. The first kappa shape index (κ1) is 22.5. The van der Waals surface area contributed by atoms with Crippen LogP contribution in [0.2, 0.25) is 0 Å². The Kier molecular flexibility index (Phi) is 6.83. The molecule has 2 aromatic heterocycles. The SMILES string of the molecule is COc1ccc(NC(=O)c2ccc(NC(=O)c3cnoc3C)cc2)cc1OCc1cccnc1. The first-order chi connectivity index (χ1) is 16.5. The minimum atomic E-state index is -0.340. The van der Waals surface area contributed by atoms with E-state index in [1.165, 1.54) is 6.20 Å². The number of aromatic nitrogens is 2. The second-order valence-corrected chi connectivity index (χ2v) is 7.30. The van der Waals surface area contributed by atoms with Crippen molar-refractivity contribution in [2.24, 2.45) is 0 Å². The van der Waals surface area contributed by atoms with Gasteiger partial charge in [0, 0.05) is 41.0 Å². The molecule has 2 heterocycles. The second kappa shape index (κ2) is 10.3. The highest BCUT2D eigenvalue weighted by Crippen LogP contribution is 2.31. The fraction of sp³-hybridized carbons (Fsp3) is 0.120. The number of nitrogens with zero attached hydrogens (tertiary/aromatic N) is 2. The molecule has 0 saturated heterocycles. The Balaban J connectivity index is 1.40. The van der Waals surface area contributed by atoms with Crippen LogP contribution in [-0.4, -0.2) is 29.1 Å². The van der Waals surface area contributed by atoms with Gasteiger partial charge < -0.3 is 24.6 Å². The van der Waals surface area contributed by atoms with Crippen molar-refractivity contribution >= 4 is 23.2 Å². The minimum Gasteiger partial charge on any atom is -0.493 e. The van der Waals surface area contributed by atoms with Crippen LogP contribution in [0.3, 0.4) is 0 Å². The van der Waals surface area contributed by atoms with E-state index in [1.807, 2.05) is 12.1 Å². The summed E-state index contributed by atoms with van der Waals surface area (Å²) in [5.74, 6) is 0.817. The largest absolute Gasteiger partial charge is 0.493 e. The third kappa shape index (κ3) is 5.39. The maximum atomic E-state index is 12.7. The van der Waals surface area contributed by atoms with Gasteiger partial charge in [-0.05, 0) is 49.4 Å². The van der Waals surface area contributed by atoms with Crippen LogP contribution >= 0.6 is 0 Å². The molecular weight excluding hydrogens is 436 g/mol. The van der Waals surface area contributed by atoms with Crippen LogP contribution in [0.5, 0.6) is 11.5 Å². The molecule has 172 valence electrons. The fourth-order valence-corrected chi connectivity index (χ4v) is 3.14. The predicted molar refractivity (Wildman–Crippen MR) is 125 cm³/mol. The number of amides is 2. The molecule has 0 atom stereocenters. The van der Waals surface area contributed by atoms with Crippen molar-refractivity contribution in [3.63, 3.8) is 0 Å². The molecule has 4 rings (SSSR count). The lowest BCUT2D eigenvalue weighted by Crippen LogP contribution is -2.14. The standard InChI is InChI=1S/C25H22N4O5/c1-16-21(14-27-34-16)25(31)28-19-7-5-18(6-8-19)24(30)29-20-9-10-22(32-2)23(12-20)33-15-17-4-3-11-26-13-17/h3-14H,15H2,1-2H3,(H,28,31)(H,29,30). The predicted octanol–water partition coefficient (Wildman–Crippen LogP) is 4.47. The number of ether oxygens (including phenoxy) is 2. The topological polar surface area (TPSA) is 116 Å². The number of anilines is 2. The summed E-state index contributed by atoms with van der Waals surface area (Å²) >= 11 is 0. The van der Waals surface area contributed by atoms with E-state index in [0.29, 0.717) is 46.4 Å². The Bertz CT molecular complexity index is 1290. The molecule has 2 N–H and O–H groups in total. The van der Waals surface area contributed by atoms with Crippen LogP contribution in [0.25, 0.3) is 0 Å². The highest BCUT2D eigenvalue weighted by Gasteiger charge is 2.14.